The molecule has 0 saturated heterocycles. The molecule has 2 rings (SSSR count). The van der Waals surface area contributed by atoms with Crippen LogP contribution in [0.3, 0.4) is 0 Å². The van der Waals surface area contributed by atoms with Crippen LogP contribution in [0.15, 0.2) is 24.3 Å². The lowest BCUT2D eigenvalue weighted by Gasteiger charge is -2.01. The van der Waals surface area contributed by atoms with Crippen molar-refractivity contribution in [3.05, 3.63) is 34.6 Å². The first-order chi connectivity index (χ1) is 7.09. The zero-order chi connectivity index (χ0) is 11.0. The molecule has 3 N–H and O–H groups in total. The van der Waals surface area contributed by atoms with Gasteiger partial charge in [0.2, 0.25) is 0 Å². The first-order valence-electron chi connectivity index (χ1n) is 4.71. The Balaban J connectivity index is 2.59. The normalized spacial score (nSPS) is 10.5. The van der Waals surface area contributed by atoms with Crippen LogP contribution in [0.4, 0.5) is 5.82 Å². The van der Waals surface area contributed by atoms with Gasteiger partial charge >= 0.3 is 0 Å². The molecule has 0 radical (unpaired) electrons. The molecule has 1 aromatic carbocycles. The largest absolute Gasteiger partial charge is 0.383 e. The molecule has 0 aliphatic carbocycles. The Kier molecular flexibility index (Phi) is 2.36. The van der Waals surface area contributed by atoms with E-state index in [-0.39, 0.29) is 0 Å². The fraction of sp³-hybridized carbons (Fsp3) is 0.182. The molecule has 15 heavy (non-hydrogen) atoms. The van der Waals surface area contributed by atoms with E-state index in [1.54, 1.807) is 4.57 Å². The smallest absolute Gasteiger partial charge is 0.178 e. The van der Waals surface area contributed by atoms with Crippen molar-refractivity contribution in [3.63, 3.8) is 0 Å². The summed E-state index contributed by atoms with van der Waals surface area (Å²) in [5.41, 5.74) is 9.12. The lowest BCUT2D eigenvalue weighted by atomic mass is 10.1. The number of nitrogens with zero attached hydrogens (tertiary/aromatic N) is 1. The standard InChI is InChI=1S/C11H13N3S/c1-7-3-5-8(6-4-7)9-10(12)14(2)11(15)13-9/h3-6H,12H2,1-2H3,(H,13,15). The summed E-state index contributed by atoms with van der Waals surface area (Å²) in [6, 6.07) is 8.18. The van der Waals surface area contributed by atoms with E-state index in [9.17, 15) is 0 Å². The van der Waals surface area contributed by atoms with Crippen molar-refractivity contribution in [2.24, 2.45) is 7.05 Å². The third-order valence-corrected chi connectivity index (χ3v) is 2.87. The van der Waals surface area contributed by atoms with Crippen molar-refractivity contribution in [2.45, 2.75) is 6.92 Å². The summed E-state index contributed by atoms with van der Waals surface area (Å²) in [6.07, 6.45) is 0. The number of nitrogens with one attached hydrogen (secondary N) is 1. The Morgan fingerprint density at radius 2 is 1.87 bits per heavy atom. The Morgan fingerprint density at radius 1 is 1.27 bits per heavy atom. The minimum atomic E-state index is 0.642. The molecule has 0 unspecified atom stereocenters. The van der Waals surface area contributed by atoms with Crippen LogP contribution < -0.4 is 5.73 Å². The molecule has 1 aromatic heterocycles. The molecule has 0 saturated carbocycles. The lowest BCUT2D eigenvalue weighted by molar-refractivity contribution is 0.906. The van der Waals surface area contributed by atoms with Gasteiger partial charge in [0.1, 0.15) is 5.82 Å². The number of aryl methyl sites for hydroxylation is 1. The zero-order valence-electron chi connectivity index (χ0n) is 8.74. The second-order valence-electron chi connectivity index (χ2n) is 3.62. The number of aromatic nitrogens is 2. The highest BCUT2D eigenvalue weighted by atomic mass is 32.1. The van der Waals surface area contributed by atoms with Gasteiger partial charge in [0.25, 0.3) is 0 Å². The van der Waals surface area contributed by atoms with E-state index in [2.05, 4.69) is 24.0 Å². The maximum absolute atomic E-state index is 5.94. The minimum Gasteiger partial charge on any atom is -0.383 e. The molecular weight excluding hydrogens is 206 g/mol. The Hall–Kier alpha value is -1.55. The Bertz CT molecular complexity index is 534. The number of imidazole rings is 1. The summed E-state index contributed by atoms with van der Waals surface area (Å²) in [5.74, 6) is 0.670. The van der Waals surface area contributed by atoms with Crippen LogP contribution >= 0.6 is 12.2 Å². The van der Waals surface area contributed by atoms with Crippen LogP contribution in [-0.2, 0) is 7.05 Å². The fourth-order valence-corrected chi connectivity index (χ4v) is 1.67. The minimum absolute atomic E-state index is 0.642. The summed E-state index contributed by atoms with van der Waals surface area (Å²) < 4.78 is 2.41. The highest BCUT2D eigenvalue weighted by Crippen LogP contribution is 2.24. The third kappa shape index (κ3) is 1.68. The number of nitrogens with two attached hydrogens (primary N) is 1. The van der Waals surface area contributed by atoms with Crippen LogP contribution in [0.1, 0.15) is 5.56 Å². The molecule has 0 aliphatic rings. The molecule has 4 heteroatoms. The van der Waals surface area contributed by atoms with Crippen LogP contribution in [0.5, 0.6) is 0 Å². The summed E-state index contributed by atoms with van der Waals surface area (Å²) in [6.45, 7) is 2.06. The van der Waals surface area contributed by atoms with E-state index in [1.165, 1.54) is 5.56 Å². The predicted octanol–water partition coefficient (Wildman–Crippen LogP) is 2.64. The summed E-state index contributed by atoms with van der Waals surface area (Å²) in [7, 11) is 1.85. The predicted molar refractivity (Wildman–Crippen MR) is 65.2 cm³/mol. The molecular formula is C11H13N3S. The number of hydrogen-bond acceptors (Lipinski definition) is 2. The van der Waals surface area contributed by atoms with Crippen molar-refractivity contribution in [3.8, 4) is 11.3 Å². The quantitative estimate of drug-likeness (QED) is 0.724. The average Bonchev–Trinajstić information content (AvgIpc) is 2.47. The van der Waals surface area contributed by atoms with Crippen LogP contribution in [-0.4, -0.2) is 9.55 Å². The molecule has 0 fully saturated rings. The van der Waals surface area contributed by atoms with E-state index < -0.39 is 0 Å². The first-order valence-corrected chi connectivity index (χ1v) is 5.12. The molecule has 2 aromatic rings. The summed E-state index contributed by atoms with van der Waals surface area (Å²) in [4.78, 5) is 3.10. The summed E-state index contributed by atoms with van der Waals surface area (Å²) in [5, 5.41) is 0. The summed E-state index contributed by atoms with van der Waals surface area (Å²) >= 11 is 5.11. The second kappa shape index (κ2) is 3.55. The monoisotopic (exact) mass is 219 g/mol. The van der Waals surface area contributed by atoms with E-state index >= 15 is 0 Å². The number of anilines is 1. The van der Waals surface area contributed by atoms with E-state index in [0.717, 1.165) is 11.3 Å². The topological polar surface area (TPSA) is 46.7 Å². The Labute approximate surface area is 93.6 Å². The van der Waals surface area contributed by atoms with Gasteiger partial charge in [-0.15, -0.1) is 0 Å². The van der Waals surface area contributed by atoms with Crippen LogP contribution in [0, 0.1) is 11.7 Å². The van der Waals surface area contributed by atoms with Gasteiger partial charge in [0.15, 0.2) is 4.77 Å². The van der Waals surface area contributed by atoms with Gasteiger partial charge in [-0.25, -0.2) is 0 Å². The van der Waals surface area contributed by atoms with Gasteiger partial charge in [0.05, 0.1) is 5.69 Å². The van der Waals surface area contributed by atoms with E-state index in [4.69, 9.17) is 18.0 Å². The van der Waals surface area contributed by atoms with Gasteiger partial charge in [-0.3, -0.25) is 0 Å². The van der Waals surface area contributed by atoms with Gasteiger partial charge in [0, 0.05) is 12.6 Å². The molecule has 0 spiro atoms. The molecule has 0 amide bonds. The maximum atomic E-state index is 5.94. The number of aromatic amines is 1. The molecule has 0 aliphatic heterocycles. The van der Waals surface area contributed by atoms with Crippen molar-refractivity contribution >= 4 is 18.0 Å². The second-order valence-corrected chi connectivity index (χ2v) is 4.00. The first kappa shape index (κ1) is 9.98. The van der Waals surface area contributed by atoms with Crippen molar-refractivity contribution in [2.75, 3.05) is 5.73 Å². The van der Waals surface area contributed by atoms with Crippen molar-refractivity contribution < 1.29 is 0 Å². The SMILES string of the molecule is Cc1ccc(-c2[nH]c(=S)n(C)c2N)cc1. The van der Waals surface area contributed by atoms with Crippen molar-refractivity contribution in [1.82, 2.24) is 9.55 Å². The number of nitrogen functional groups attached to an aromatic ring is 1. The fourth-order valence-electron chi connectivity index (χ4n) is 1.47. The zero-order valence-corrected chi connectivity index (χ0v) is 9.56. The Morgan fingerprint density at radius 3 is 2.33 bits per heavy atom. The number of H-pyrrole nitrogens is 1. The van der Waals surface area contributed by atoms with Gasteiger partial charge in [-0.2, -0.15) is 0 Å². The van der Waals surface area contributed by atoms with Crippen LogP contribution in [0.2, 0.25) is 0 Å². The van der Waals surface area contributed by atoms with E-state index in [1.807, 2.05) is 19.2 Å². The third-order valence-electron chi connectivity index (χ3n) is 2.49. The molecule has 0 atom stereocenters. The molecule has 3 nitrogen and oxygen atoms in total. The van der Waals surface area contributed by atoms with Crippen LogP contribution in [0.25, 0.3) is 11.3 Å². The average molecular weight is 219 g/mol. The lowest BCUT2D eigenvalue weighted by Crippen LogP contribution is -1.96. The molecule has 78 valence electrons. The van der Waals surface area contributed by atoms with E-state index in [0.29, 0.717) is 10.6 Å². The maximum Gasteiger partial charge on any atom is 0.178 e. The van der Waals surface area contributed by atoms with Gasteiger partial charge < -0.3 is 15.3 Å². The molecule has 0 bridgehead atoms. The van der Waals surface area contributed by atoms with Gasteiger partial charge in [-0.05, 0) is 19.1 Å². The number of hydrogen-bond donors (Lipinski definition) is 2. The molecule has 1 heterocycles. The highest BCUT2D eigenvalue weighted by Gasteiger charge is 2.07. The number of benzene rings is 1. The van der Waals surface area contributed by atoms with Crippen molar-refractivity contribution in [1.29, 1.82) is 0 Å². The van der Waals surface area contributed by atoms with Gasteiger partial charge in [-0.1, -0.05) is 29.8 Å². The number of rotatable bonds is 1. The highest BCUT2D eigenvalue weighted by molar-refractivity contribution is 7.71.